The van der Waals surface area contributed by atoms with Crippen molar-refractivity contribution in [1.82, 2.24) is 0 Å². The van der Waals surface area contributed by atoms with E-state index in [0.29, 0.717) is 56.8 Å². The van der Waals surface area contributed by atoms with Crippen molar-refractivity contribution in [2.24, 2.45) is 0 Å². The molecular formula is C66H96O21Si3. The van der Waals surface area contributed by atoms with Crippen molar-refractivity contribution in [1.29, 1.82) is 0 Å². The van der Waals surface area contributed by atoms with Crippen LogP contribution in [0.1, 0.15) is 211 Å². The Hall–Kier alpha value is -6.58. The molecule has 498 valence electrons. The fraction of sp³-hybridized carbons (Fsp3) is 0.591. The molecule has 0 aliphatic heterocycles. The molecule has 3 aromatic rings. The van der Waals surface area contributed by atoms with Gasteiger partial charge in [-0.3, -0.25) is 43.2 Å². The summed E-state index contributed by atoms with van der Waals surface area (Å²) in [5.74, 6) is -4.16. The van der Waals surface area contributed by atoms with Gasteiger partial charge in [0, 0.05) is 82.1 Å². The molecule has 3 aliphatic carbocycles. The van der Waals surface area contributed by atoms with Crippen LogP contribution in [0, 0.1) is 6.92 Å². The largest absolute Gasteiger partial charge is 0.705 e. The minimum Gasteiger partial charge on any atom is -0.455 e. The maximum Gasteiger partial charge on any atom is 0.705 e. The quantitative estimate of drug-likeness (QED) is 0.0483. The molecule has 0 aromatic heterocycles. The molecule has 3 aliphatic rings. The molecule has 21 nitrogen and oxygen atoms in total. The standard InChI is InChI=1S/C23H34O7Si.C22H32O7Si.C21H30O7Si/c1-5-20-7-9-21(10-8-20)22-11-13-23(14-12-22)27-15-6-16-31(28-17(2)24,29-18(3)25)30-19(4)26;1-16-6-8-20(9-7-16)21-10-12-22(13-11-21)26-14-5-15-30(27-17(2)23,28-18(3)24)29-19(4)25;1-16(22)26-29(27-17(2)23,28-18(3)24)15-7-14-25-21-12-10-20(11-13-21)19-8-5-4-6-9-19/h7-10,22-23H,5-6,11-16H2,1-4H3;6-9,21-22H,5,10-15H2,1-4H3;4-6,8-9,20-21H,7,10-15H2,1-3H3. The van der Waals surface area contributed by atoms with Gasteiger partial charge in [-0.15, -0.1) is 0 Å². The van der Waals surface area contributed by atoms with E-state index in [0.717, 1.165) is 83.5 Å². The van der Waals surface area contributed by atoms with Crippen molar-refractivity contribution >= 4 is 80.1 Å². The molecule has 0 spiro atoms. The number of hydrogen-bond donors (Lipinski definition) is 0. The Kier molecular flexibility index (Phi) is 32.8. The number of carbonyl (C=O) groups excluding carboxylic acids is 9. The Morgan fingerprint density at radius 1 is 0.333 bits per heavy atom. The van der Waals surface area contributed by atoms with E-state index >= 15 is 0 Å². The SMILES string of the molecule is CC(=O)O[Si](CCCOC1CCC(c2ccc(C)cc2)CC1)(OC(C)=O)OC(C)=O.CC(=O)O[Si](CCCOC1CCC(c2ccccc2)CC1)(OC(C)=O)OC(C)=O.CCc1ccc(C2CCC(OCCC[Si](OC(C)=O)(OC(C)=O)OC(C)=O)CC2)cc1. The van der Waals surface area contributed by atoms with Crippen molar-refractivity contribution in [3.63, 3.8) is 0 Å². The average molecular weight is 1310 g/mol. The van der Waals surface area contributed by atoms with E-state index in [1.807, 2.05) is 6.07 Å². The third-order valence-corrected chi connectivity index (χ3v) is 23.6. The molecule has 90 heavy (non-hydrogen) atoms. The Bertz CT molecular complexity index is 2610. The predicted molar refractivity (Wildman–Crippen MR) is 338 cm³/mol. The molecule has 0 radical (unpaired) electrons. The summed E-state index contributed by atoms with van der Waals surface area (Å²) >= 11 is 0. The zero-order valence-electron chi connectivity index (χ0n) is 54.6. The zero-order valence-corrected chi connectivity index (χ0v) is 57.6. The zero-order chi connectivity index (χ0) is 66.3. The molecular weight excluding hydrogens is 1210 g/mol. The Balaban J connectivity index is 0.000000288. The molecule has 3 fully saturated rings. The highest BCUT2D eigenvalue weighted by Gasteiger charge is 2.53. The highest BCUT2D eigenvalue weighted by atomic mass is 28.4. The highest BCUT2D eigenvalue weighted by molar-refractivity contribution is 6.66. The molecule has 0 N–H and O–H groups in total. The van der Waals surface area contributed by atoms with Crippen LogP contribution in [0.3, 0.4) is 0 Å². The molecule has 0 saturated heterocycles. The van der Waals surface area contributed by atoms with Gasteiger partial charge in [0.15, 0.2) is 0 Å². The number of carbonyl (C=O) groups is 9. The first-order chi connectivity index (χ1) is 42.7. The van der Waals surface area contributed by atoms with Crippen LogP contribution in [-0.4, -0.2) is 118 Å². The fourth-order valence-electron chi connectivity index (χ4n) is 11.5. The van der Waals surface area contributed by atoms with E-state index in [1.165, 1.54) is 90.1 Å². The van der Waals surface area contributed by atoms with Gasteiger partial charge in [-0.05, 0) is 150 Å². The summed E-state index contributed by atoms with van der Waals surface area (Å²) in [6.07, 6.45) is 15.4. The van der Waals surface area contributed by atoms with E-state index in [-0.39, 0.29) is 36.4 Å². The molecule has 3 aromatic carbocycles. The summed E-state index contributed by atoms with van der Waals surface area (Å²) in [6.45, 7) is 16.2. The van der Waals surface area contributed by atoms with Crippen LogP contribution in [0.25, 0.3) is 0 Å². The van der Waals surface area contributed by atoms with Gasteiger partial charge in [-0.25, -0.2) is 0 Å². The minimum absolute atomic E-state index is 0.143. The summed E-state index contributed by atoms with van der Waals surface area (Å²) in [5, 5.41) is 0. The third-order valence-electron chi connectivity index (χ3n) is 15.3. The molecule has 3 saturated carbocycles. The van der Waals surface area contributed by atoms with Crippen LogP contribution in [0.2, 0.25) is 18.1 Å². The Labute approximate surface area is 534 Å². The van der Waals surface area contributed by atoms with E-state index in [1.54, 1.807) is 0 Å². The van der Waals surface area contributed by atoms with Gasteiger partial charge in [-0.1, -0.05) is 91.3 Å². The van der Waals surface area contributed by atoms with Gasteiger partial charge in [0.1, 0.15) is 0 Å². The van der Waals surface area contributed by atoms with E-state index in [2.05, 4.69) is 86.6 Å². The first kappa shape index (κ1) is 75.9. The van der Waals surface area contributed by atoms with Gasteiger partial charge in [0.25, 0.3) is 53.7 Å². The second-order valence-electron chi connectivity index (χ2n) is 23.2. The van der Waals surface area contributed by atoms with Crippen molar-refractivity contribution in [2.75, 3.05) is 19.8 Å². The topological polar surface area (TPSA) is 264 Å². The molecule has 0 atom stereocenters. The third kappa shape index (κ3) is 29.1. The number of aryl methyl sites for hydroxylation is 2. The molecule has 0 bridgehead atoms. The van der Waals surface area contributed by atoms with Crippen LogP contribution >= 0.6 is 0 Å². The van der Waals surface area contributed by atoms with Gasteiger partial charge < -0.3 is 54.0 Å². The minimum atomic E-state index is -3.76. The maximum absolute atomic E-state index is 11.5. The fourth-order valence-corrected chi connectivity index (χ4v) is 18.5. The van der Waals surface area contributed by atoms with Crippen molar-refractivity contribution < 1.29 is 97.2 Å². The van der Waals surface area contributed by atoms with E-state index in [9.17, 15) is 43.2 Å². The molecule has 0 amide bonds. The number of hydrogen-bond acceptors (Lipinski definition) is 21. The predicted octanol–water partition coefficient (Wildman–Crippen LogP) is 12.1. The van der Waals surface area contributed by atoms with Crippen LogP contribution in [0.15, 0.2) is 78.9 Å². The number of rotatable bonds is 28. The van der Waals surface area contributed by atoms with Crippen LogP contribution in [0.5, 0.6) is 0 Å². The van der Waals surface area contributed by atoms with Gasteiger partial charge >= 0.3 is 26.4 Å². The van der Waals surface area contributed by atoms with Crippen LogP contribution in [0.4, 0.5) is 0 Å². The lowest BCUT2D eigenvalue weighted by molar-refractivity contribution is -0.151. The van der Waals surface area contributed by atoms with Crippen molar-refractivity contribution in [2.45, 2.75) is 233 Å². The normalized spacial score (nSPS) is 19.1. The monoisotopic (exact) mass is 1310 g/mol. The summed E-state index contributed by atoms with van der Waals surface area (Å²) in [7, 11) is -11.3. The second-order valence-corrected chi connectivity index (χ2v) is 30.6. The number of ether oxygens (including phenoxy) is 3. The second kappa shape index (κ2) is 39.0. The summed E-state index contributed by atoms with van der Waals surface area (Å²) in [4.78, 5) is 103. The summed E-state index contributed by atoms with van der Waals surface area (Å²) < 4.78 is 64.6. The smallest absolute Gasteiger partial charge is 0.455 e. The number of benzene rings is 3. The Morgan fingerprint density at radius 3 is 0.800 bits per heavy atom. The molecule has 6 rings (SSSR count). The van der Waals surface area contributed by atoms with Crippen LogP contribution in [-0.2, 0) is 104 Å². The molecule has 0 unspecified atom stereocenters. The lowest BCUT2D eigenvalue weighted by Gasteiger charge is -2.29. The van der Waals surface area contributed by atoms with Gasteiger partial charge in [0.2, 0.25) is 0 Å². The maximum atomic E-state index is 11.5. The van der Waals surface area contributed by atoms with Crippen LogP contribution < -0.4 is 0 Å². The lowest BCUT2D eigenvalue weighted by Crippen LogP contribution is -2.49. The highest BCUT2D eigenvalue weighted by Crippen LogP contribution is 2.37. The lowest BCUT2D eigenvalue weighted by atomic mass is 9.82. The average Bonchev–Trinajstić information content (AvgIpc) is 2.64. The molecule has 24 heteroatoms. The summed E-state index contributed by atoms with van der Waals surface area (Å²) in [6, 6.07) is 28.6. The van der Waals surface area contributed by atoms with Crippen molar-refractivity contribution in [3.8, 4) is 0 Å². The van der Waals surface area contributed by atoms with Gasteiger partial charge in [0.05, 0.1) is 36.4 Å². The van der Waals surface area contributed by atoms with Gasteiger partial charge in [-0.2, -0.15) is 0 Å². The summed E-state index contributed by atoms with van der Waals surface area (Å²) in [5.41, 5.74) is 6.80. The first-order valence-corrected chi connectivity index (χ1v) is 37.3. The first-order valence-electron chi connectivity index (χ1n) is 31.5. The van der Waals surface area contributed by atoms with Crippen molar-refractivity contribution in [3.05, 3.63) is 107 Å². The van der Waals surface area contributed by atoms with E-state index < -0.39 is 80.1 Å². The van der Waals surface area contributed by atoms with E-state index in [4.69, 9.17) is 54.0 Å². The molecule has 0 heterocycles. The Morgan fingerprint density at radius 2 is 0.567 bits per heavy atom.